The van der Waals surface area contributed by atoms with E-state index in [4.69, 9.17) is 15.3 Å². The molecule has 1 aromatic rings. The Morgan fingerprint density at radius 1 is 1.58 bits per heavy atom. The van der Waals surface area contributed by atoms with Gasteiger partial charge < -0.3 is 14.4 Å². The predicted octanol–water partition coefficient (Wildman–Crippen LogP) is 0.920. The number of hydrogen-bond acceptors (Lipinski definition) is 5. The first-order chi connectivity index (χ1) is 9.24. The van der Waals surface area contributed by atoms with Gasteiger partial charge in [-0.1, -0.05) is 12.1 Å². The number of hydrazine groups is 1. The number of benzene rings is 1. The van der Waals surface area contributed by atoms with E-state index in [0.29, 0.717) is 6.61 Å². The molecule has 0 saturated carbocycles. The molecular weight excluding hydrogens is 242 g/mol. The average Bonchev–Trinajstić information content (AvgIpc) is 2.41. The van der Waals surface area contributed by atoms with Gasteiger partial charge in [-0.25, -0.2) is 0 Å². The van der Waals surface area contributed by atoms with Gasteiger partial charge in [-0.2, -0.15) is 0 Å². The Labute approximate surface area is 114 Å². The van der Waals surface area contributed by atoms with Gasteiger partial charge in [0, 0.05) is 13.1 Å². The zero-order valence-corrected chi connectivity index (χ0v) is 11.6. The molecule has 0 spiro atoms. The number of nitrogens with one attached hydrogen (secondary N) is 1. The van der Waals surface area contributed by atoms with E-state index >= 15 is 0 Å². The van der Waals surface area contributed by atoms with E-state index in [1.807, 2.05) is 31.2 Å². The van der Waals surface area contributed by atoms with Crippen molar-refractivity contribution in [1.82, 2.24) is 10.3 Å². The summed E-state index contributed by atoms with van der Waals surface area (Å²) in [4.78, 5) is 2.25. The highest BCUT2D eigenvalue weighted by Crippen LogP contribution is 2.24. The zero-order chi connectivity index (χ0) is 13.7. The molecule has 1 aliphatic heterocycles. The molecule has 5 heteroatoms. The van der Waals surface area contributed by atoms with E-state index in [1.54, 1.807) is 0 Å². The topological polar surface area (TPSA) is 59.8 Å². The van der Waals surface area contributed by atoms with Crippen LogP contribution in [0.15, 0.2) is 24.3 Å². The maximum atomic E-state index is 5.83. The molecule has 2 atom stereocenters. The quantitative estimate of drug-likeness (QED) is 0.612. The lowest BCUT2D eigenvalue weighted by molar-refractivity contribution is -0.0393. The third-order valence-electron chi connectivity index (χ3n) is 3.38. The van der Waals surface area contributed by atoms with Crippen LogP contribution in [0.2, 0.25) is 0 Å². The molecule has 1 aliphatic rings. The van der Waals surface area contributed by atoms with E-state index in [-0.39, 0.29) is 12.1 Å². The van der Waals surface area contributed by atoms with Crippen molar-refractivity contribution >= 4 is 0 Å². The maximum Gasteiger partial charge on any atom is 0.119 e. The number of morpholine rings is 1. The Morgan fingerprint density at radius 3 is 3.11 bits per heavy atom. The lowest BCUT2D eigenvalue weighted by Gasteiger charge is -2.35. The van der Waals surface area contributed by atoms with E-state index < -0.39 is 0 Å². The van der Waals surface area contributed by atoms with Crippen LogP contribution in [-0.4, -0.2) is 44.4 Å². The monoisotopic (exact) mass is 265 g/mol. The summed E-state index contributed by atoms with van der Waals surface area (Å²) in [7, 11) is 2.10. The molecule has 1 saturated heterocycles. The molecule has 2 rings (SSSR count). The summed E-state index contributed by atoms with van der Waals surface area (Å²) in [6.07, 6.45) is 0.0561. The van der Waals surface area contributed by atoms with Crippen molar-refractivity contribution in [2.24, 2.45) is 5.84 Å². The molecule has 0 aliphatic carbocycles. The van der Waals surface area contributed by atoms with Gasteiger partial charge in [0.2, 0.25) is 0 Å². The highest BCUT2D eigenvalue weighted by atomic mass is 16.5. The van der Waals surface area contributed by atoms with Crippen LogP contribution in [0.3, 0.4) is 0 Å². The van der Waals surface area contributed by atoms with Gasteiger partial charge in [0.1, 0.15) is 5.75 Å². The summed E-state index contributed by atoms with van der Waals surface area (Å²) in [5.41, 5.74) is 3.96. The van der Waals surface area contributed by atoms with Gasteiger partial charge >= 0.3 is 0 Å². The van der Waals surface area contributed by atoms with E-state index in [9.17, 15) is 0 Å². The fraction of sp³-hybridized carbons (Fsp3) is 0.571. The van der Waals surface area contributed by atoms with Crippen LogP contribution in [0.25, 0.3) is 0 Å². The van der Waals surface area contributed by atoms with Crippen LogP contribution in [0.4, 0.5) is 0 Å². The lowest BCUT2D eigenvalue weighted by Crippen LogP contribution is -2.48. The van der Waals surface area contributed by atoms with Crippen molar-refractivity contribution in [1.29, 1.82) is 0 Å². The Kier molecular flexibility index (Phi) is 5.15. The van der Waals surface area contributed by atoms with Gasteiger partial charge in [0.15, 0.2) is 0 Å². The first kappa shape index (κ1) is 14.3. The van der Waals surface area contributed by atoms with Crippen LogP contribution in [0.1, 0.15) is 18.5 Å². The minimum atomic E-state index is -0.0249. The van der Waals surface area contributed by atoms with Crippen molar-refractivity contribution in [3.63, 3.8) is 0 Å². The van der Waals surface area contributed by atoms with Crippen molar-refractivity contribution in [2.75, 3.05) is 33.4 Å². The molecule has 0 aromatic heterocycles. The predicted molar refractivity (Wildman–Crippen MR) is 74.9 cm³/mol. The molecule has 1 heterocycles. The maximum absolute atomic E-state index is 5.83. The van der Waals surface area contributed by atoms with Gasteiger partial charge in [-0.15, -0.1) is 0 Å². The van der Waals surface area contributed by atoms with Crippen molar-refractivity contribution < 1.29 is 9.47 Å². The summed E-state index contributed by atoms with van der Waals surface area (Å²) in [6, 6.07) is 7.98. The average molecular weight is 265 g/mol. The molecule has 2 unspecified atom stereocenters. The number of likely N-dealkylation sites (N-methyl/N-ethyl adjacent to an activating group) is 1. The second-order valence-electron chi connectivity index (χ2n) is 4.82. The SMILES string of the molecule is CCOc1cccc(C(NN)C2CN(C)CCO2)c1. The summed E-state index contributed by atoms with van der Waals surface area (Å²) in [5.74, 6) is 6.58. The first-order valence-corrected chi connectivity index (χ1v) is 6.73. The third kappa shape index (κ3) is 3.67. The van der Waals surface area contributed by atoms with Crippen LogP contribution in [0.5, 0.6) is 5.75 Å². The normalized spacial score (nSPS) is 22.2. The third-order valence-corrected chi connectivity index (χ3v) is 3.38. The highest BCUT2D eigenvalue weighted by Gasteiger charge is 2.27. The second kappa shape index (κ2) is 6.86. The van der Waals surface area contributed by atoms with Gasteiger partial charge in [-0.05, 0) is 31.7 Å². The van der Waals surface area contributed by atoms with Gasteiger partial charge in [0.25, 0.3) is 0 Å². The second-order valence-corrected chi connectivity index (χ2v) is 4.82. The Morgan fingerprint density at radius 2 is 2.42 bits per heavy atom. The first-order valence-electron chi connectivity index (χ1n) is 6.73. The van der Waals surface area contributed by atoms with Crippen molar-refractivity contribution in [2.45, 2.75) is 19.1 Å². The number of rotatable bonds is 5. The van der Waals surface area contributed by atoms with Crippen LogP contribution >= 0.6 is 0 Å². The van der Waals surface area contributed by atoms with Crippen molar-refractivity contribution in [3.05, 3.63) is 29.8 Å². The lowest BCUT2D eigenvalue weighted by atomic mass is 10.0. The number of nitrogens with two attached hydrogens (primary N) is 1. The molecule has 0 amide bonds. The molecule has 3 N–H and O–H groups in total. The smallest absolute Gasteiger partial charge is 0.119 e. The fourth-order valence-corrected chi connectivity index (χ4v) is 2.40. The van der Waals surface area contributed by atoms with Gasteiger partial charge in [-0.3, -0.25) is 11.3 Å². The molecule has 1 fully saturated rings. The molecular formula is C14H23N3O2. The molecule has 0 bridgehead atoms. The Hall–Kier alpha value is -1.14. The molecule has 5 nitrogen and oxygen atoms in total. The van der Waals surface area contributed by atoms with Crippen LogP contribution < -0.4 is 16.0 Å². The summed E-state index contributed by atoms with van der Waals surface area (Å²) < 4.78 is 11.4. The Balaban J connectivity index is 2.13. The van der Waals surface area contributed by atoms with Crippen molar-refractivity contribution in [3.8, 4) is 5.75 Å². The van der Waals surface area contributed by atoms with E-state index in [1.165, 1.54) is 0 Å². The number of hydrogen-bond donors (Lipinski definition) is 2. The largest absolute Gasteiger partial charge is 0.494 e. The summed E-state index contributed by atoms with van der Waals surface area (Å²) >= 11 is 0. The summed E-state index contributed by atoms with van der Waals surface area (Å²) in [5, 5.41) is 0. The fourth-order valence-electron chi connectivity index (χ4n) is 2.40. The molecule has 1 aromatic carbocycles. The van der Waals surface area contributed by atoms with Crippen LogP contribution in [0, 0.1) is 0 Å². The zero-order valence-electron chi connectivity index (χ0n) is 11.6. The molecule has 106 valence electrons. The molecule has 0 radical (unpaired) electrons. The number of nitrogens with zero attached hydrogens (tertiary/aromatic N) is 1. The Bertz CT molecular complexity index is 400. The van der Waals surface area contributed by atoms with E-state index in [2.05, 4.69) is 17.4 Å². The molecule has 19 heavy (non-hydrogen) atoms. The van der Waals surface area contributed by atoms with E-state index in [0.717, 1.165) is 31.0 Å². The number of ether oxygens (including phenoxy) is 2. The minimum Gasteiger partial charge on any atom is -0.494 e. The standard InChI is InChI=1S/C14H23N3O2/c1-3-18-12-6-4-5-11(9-12)14(16-15)13-10-17(2)7-8-19-13/h4-6,9,13-14,16H,3,7-8,10,15H2,1-2H3. The highest BCUT2D eigenvalue weighted by molar-refractivity contribution is 5.31. The van der Waals surface area contributed by atoms with Gasteiger partial charge in [0.05, 0.1) is 25.4 Å². The summed E-state index contributed by atoms with van der Waals surface area (Å²) in [6.45, 7) is 5.21. The van der Waals surface area contributed by atoms with Crippen LogP contribution in [-0.2, 0) is 4.74 Å². The minimum absolute atomic E-state index is 0.0249.